The molecule has 0 radical (unpaired) electrons. The van der Waals surface area contributed by atoms with Crippen molar-refractivity contribution in [2.75, 3.05) is 39.7 Å². The van der Waals surface area contributed by atoms with Gasteiger partial charge in [0.05, 0.1) is 43.5 Å². The molecule has 2 aromatic heterocycles. The predicted molar refractivity (Wildman–Crippen MR) is 215 cm³/mol. The van der Waals surface area contributed by atoms with E-state index in [4.69, 9.17) is 30.8 Å². The van der Waals surface area contributed by atoms with E-state index in [1.54, 1.807) is 7.11 Å². The van der Waals surface area contributed by atoms with E-state index in [0.717, 1.165) is 47.1 Å². The molecule has 2 atom stereocenters. The van der Waals surface area contributed by atoms with Crippen LogP contribution >= 0.6 is 11.6 Å². The molecule has 9 rings (SSSR count). The van der Waals surface area contributed by atoms with Gasteiger partial charge in [0.15, 0.2) is 11.5 Å². The highest BCUT2D eigenvalue weighted by atomic mass is 35.5. The fraction of sp³-hybridized carbons (Fsp3) is 0.465. The van der Waals surface area contributed by atoms with Gasteiger partial charge in [0.25, 0.3) is 0 Å². The van der Waals surface area contributed by atoms with E-state index in [-0.39, 0.29) is 42.1 Å². The zero-order valence-electron chi connectivity index (χ0n) is 33.2. The summed E-state index contributed by atoms with van der Waals surface area (Å²) in [6, 6.07) is 15.0. The SMILES string of the molecule is COC(=O)C12CCC(CC1)N(Cc1nc(C(F)(F)F)c(N[C@H]3CCc4c(-c5cccc(-c6ccc(CNCC7CCC(=O)N7)c(OC)n6)c5Cl)cccc43)nc1OC)C2. The van der Waals surface area contributed by atoms with Gasteiger partial charge in [-0.2, -0.15) is 18.2 Å². The molecule has 2 aromatic carbocycles. The maximum Gasteiger partial charge on any atom is 0.437 e. The molecule has 2 aliphatic carbocycles. The van der Waals surface area contributed by atoms with Gasteiger partial charge < -0.3 is 30.2 Å². The van der Waals surface area contributed by atoms with Gasteiger partial charge in [0.1, 0.15) is 5.69 Å². The number of carbonyl (C=O) groups excluding carboxylic acids is 2. The minimum atomic E-state index is -4.80. The quantitative estimate of drug-likeness (QED) is 0.117. The molecule has 5 heterocycles. The highest BCUT2D eigenvalue weighted by Gasteiger charge is 2.50. The van der Waals surface area contributed by atoms with Gasteiger partial charge in [-0.3, -0.25) is 14.5 Å². The largest absolute Gasteiger partial charge is 0.481 e. The summed E-state index contributed by atoms with van der Waals surface area (Å²) in [5, 5.41) is 9.91. The summed E-state index contributed by atoms with van der Waals surface area (Å²) in [7, 11) is 4.31. The van der Waals surface area contributed by atoms with E-state index in [1.165, 1.54) is 14.2 Å². The van der Waals surface area contributed by atoms with Crippen molar-refractivity contribution in [3.8, 4) is 34.1 Å². The Bertz CT molecular complexity index is 2250. The van der Waals surface area contributed by atoms with Gasteiger partial charge in [-0.1, -0.05) is 54.1 Å². The van der Waals surface area contributed by atoms with Crippen molar-refractivity contribution in [3.63, 3.8) is 0 Å². The number of hydrogen-bond acceptors (Lipinski definition) is 11. The molecule has 16 heteroatoms. The number of methoxy groups -OCH3 is 3. The number of rotatable bonds is 13. The number of ether oxygens (including phenoxy) is 3. The fourth-order valence-corrected chi connectivity index (χ4v) is 9.70. The first-order valence-electron chi connectivity index (χ1n) is 20.0. The van der Waals surface area contributed by atoms with Crippen LogP contribution in [0.3, 0.4) is 0 Å². The number of alkyl halides is 3. The Labute approximate surface area is 345 Å². The maximum absolute atomic E-state index is 14.8. The summed E-state index contributed by atoms with van der Waals surface area (Å²) >= 11 is 7.16. The summed E-state index contributed by atoms with van der Waals surface area (Å²) in [5.41, 5.74) is 3.92. The Morgan fingerprint density at radius 2 is 1.68 bits per heavy atom. The number of hydrogen-bond donors (Lipinski definition) is 3. The molecule has 12 nitrogen and oxygen atoms in total. The number of piperidine rings is 2. The number of esters is 1. The van der Waals surface area contributed by atoms with Crippen molar-refractivity contribution < 1.29 is 37.0 Å². The topological polar surface area (TPSA) is 140 Å². The van der Waals surface area contributed by atoms with E-state index in [1.807, 2.05) is 53.4 Å². The molecule has 1 unspecified atom stereocenters. The summed E-state index contributed by atoms with van der Waals surface area (Å²) in [5.74, 6) is -0.167. The second-order valence-corrected chi connectivity index (χ2v) is 16.2. The zero-order valence-corrected chi connectivity index (χ0v) is 33.9. The molecule has 4 fully saturated rings. The summed E-state index contributed by atoms with van der Waals surface area (Å²) in [6.45, 7) is 1.58. The molecule has 3 aliphatic heterocycles. The molecule has 312 valence electrons. The first kappa shape index (κ1) is 40.8. The van der Waals surface area contributed by atoms with Crippen molar-refractivity contribution in [1.82, 2.24) is 30.5 Å². The van der Waals surface area contributed by atoms with Gasteiger partial charge in [0, 0.05) is 61.4 Å². The molecule has 3 saturated heterocycles. The summed E-state index contributed by atoms with van der Waals surface area (Å²) in [6.07, 6.45) is 0.507. The van der Waals surface area contributed by atoms with E-state index < -0.39 is 29.1 Å². The summed E-state index contributed by atoms with van der Waals surface area (Å²) < 4.78 is 60.7. The zero-order chi connectivity index (χ0) is 41.5. The van der Waals surface area contributed by atoms with Gasteiger partial charge in [-0.05, 0) is 67.7 Å². The fourth-order valence-electron chi connectivity index (χ4n) is 9.38. The lowest BCUT2D eigenvalue weighted by Gasteiger charge is -2.51. The Morgan fingerprint density at radius 3 is 2.39 bits per heavy atom. The van der Waals surface area contributed by atoms with Crippen LogP contribution in [-0.2, 0) is 40.0 Å². The highest BCUT2D eigenvalue weighted by molar-refractivity contribution is 6.36. The first-order valence-corrected chi connectivity index (χ1v) is 20.3. The lowest BCUT2D eigenvalue weighted by atomic mass is 9.67. The Hall–Kier alpha value is -4.99. The minimum Gasteiger partial charge on any atom is -0.481 e. The van der Waals surface area contributed by atoms with Crippen LogP contribution in [0.1, 0.15) is 79.1 Å². The van der Waals surface area contributed by atoms with E-state index in [2.05, 4.69) is 25.9 Å². The first-order chi connectivity index (χ1) is 28.4. The van der Waals surface area contributed by atoms with Crippen LogP contribution in [0, 0.1) is 5.41 Å². The standard InChI is InChI=1S/C43H47ClF3N7O5/c1-57-39-24(20-48-21-25-11-15-35(55)49-25)10-13-33(52-39)31-9-5-8-30(36(31)44)27-6-4-7-29-28(27)12-14-32(29)51-38-37(43(45,46)47)50-34(40(53-38)58-2)22-54-23-42(41(56)59-3)18-16-26(54)17-19-42/h4-10,13,25-26,32,48H,11-12,14-23H2,1-3H3,(H,49,55)(H,51,53)/t25?,26?,32-,42?/m0/s1. The molecule has 4 aromatic rings. The Morgan fingerprint density at radius 1 is 0.932 bits per heavy atom. The van der Waals surface area contributed by atoms with Crippen LogP contribution in [0.5, 0.6) is 11.8 Å². The van der Waals surface area contributed by atoms with Crippen LogP contribution < -0.4 is 25.4 Å². The Balaban J connectivity index is 1.03. The predicted octanol–water partition coefficient (Wildman–Crippen LogP) is 7.28. The van der Waals surface area contributed by atoms with Gasteiger partial charge in [-0.25, -0.2) is 9.97 Å². The third kappa shape index (κ3) is 8.04. The average molecular weight is 834 g/mol. The van der Waals surface area contributed by atoms with Crippen molar-refractivity contribution in [2.45, 2.75) is 88.8 Å². The Kier molecular flexibility index (Phi) is 11.5. The second-order valence-electron chi connectivity index (χ2n) is 15.9. The number of nitrogens with one attached hydrogen (secondary N) is 3. The number of halogens is 4. The molecule has 2 bridgehead atoms. The molecule has 5 aliphatic rings. The van der Waals surface area contributed by atoms with Crippen LogP contribution in [-0.4, -0.2) is 78.2 Å². The summed E-state index contributed by atoms with van der Waals surface area (Å²) in [4.78, 5) is 39.7. The number of aromatic nitrogens is 3. The molecular weight excluding hydrogens is 787 g/mol. The third-order valence-electron chi connectivity index (χ3n) is 12.4. The van der Waals surface area contributed by atoms with Crippen molar-refractivity contribution >= 4 is 29.3 Å². The minimum absolute atomic E-state index is 0.00164. The smallest absolute Gasteiger partial charge is 0.437 e. The second kappa shape index (κ2) is 16.6. The van der Waals surface area contributed by atoms with Crippen LogP contribution in [0.15, 0.2) is 48.5 Å². The number of nitrogens with zero attached hydrogens (tertiary/aromatic N) is 4. The normalized spacial score (nSPS) is 22.6. The average Bonchev–Trinajstić information content (AvgIpc) is 3.86. The number of amides is 1. The third-order valence-corrected chi connectivity index (χ3v) is 12.8. The van der Waals surface area contributed by atoms with Crippen molar-refractivity contribution in [1.29, 1.82) is 0 Å². The number of carbonyl (C=O) groups is 2. The van der Waals surface area contributed by atoms with E-state index in [9.17, 15) is 22.8 Å². The number of anilines is 1. The van der Waals surface area contributed by atoms with Gasteiger partial charge >= 0.3 is 12.1 Å². The lowest BCUT2D eigenvalue weighted by molar-refractivity contribution is -0.163. The molecule has 1 amide bonds. The highest BCUT2D eigenvalue weighted by Crippen LogP contribution is 2.48. The maximum atomic E-state index is 14.8. The van der Waals surface area contributed by atoms with Crippen molar-refractivity contribution in [3.05, 3.63) is 81.6 Å². The monoisotopic (exact) mass is 833 g/mol. The molecule has 3 N–H and O–H groups in total. The van der Waals surface area contributed by atoms with Crippen molar-refractivity contribution in [2.24, 2.45) is 5.41 Å². The van der Waals surface area contributed by atoms with Crippen LogP contribution in [0.4, 0.5) is 19.0 Å². The van der Waals surface area contributed by atoms with E-state index >= 15 is 0 Å². The molecule has 1 saturated carbocycles. The van der Waals surface area contributed by atoms with Crippen LogP contribution in [0.25, 0.3) is 22.4 Å². The lowest BCUT2D eigenvalue weighted by Crippen LogP contribution is -2.57. The number of benzene rings is 2. The van der Waals surface area contributed by atoms with E-state index in [0.29, 0.717) is 73.9 Å². The number of pyridine rings is 1. The van der Waals surface area contributed by atoms with Crippen LogP contribution in [0.2, 0.25) is 5.02 Å². The number of fused-ring (bicyclic) bond motifs is 4. The molecular formula is C43H47ClF3N7O5. The van der Waals surface area contributed by atoms with Gasteiger partial charge in [0.2, 0.25) is 17.7 Å². The van der Waals surface area contributed by atoms with Gasteiger partial charge in [-0.15, -0.1) is 0 Å². The molecule has 0 spiro atoms. The molecule has 59 heavy (non-hydrogen) atoms.